The van der Waals surface area contributed by atoms with Crippen LogP contribution in [0.4, 0.5) is 5.69 Å². The van der Waals surface area contributed by atoms with Crippen LogP contribution in [0.5, 0.6) is 11.5 Å². The quantitative estimate of drug-likeness (QED) is 0.315. The molecule has 148 valence electrons. The number of aromatic nitrogens is 2. The van der Waals surface area contributed by atoms with Gasteiger partial charge in [0, 0.05) is 30.2 Å². The number of aryl methyl sites for hydroxylation is 1. The van der Waals surface area contributed by atoms with Crippen LogP contribution in [0.15, 0.2) is 41.4 Å². The van der Waals surface area contributed by atoms with Gasteiger partial charge in [0.1, 0.15) is 12.4 Å². The van der Waals surface area contributed by atoms with E-state index >= 15 is 0 Å². The predicted molar refractivity (Wildman–Crippen MR) is 122 cm³/mol. The van der Waals surface area contributed by atoms with E-state index in [1.165, 1.54) is 0 Å². The summed E-state index contributed by atoms with van der Waals surface area (Å²) in [6, 6.07) is 11.2. The number of rotatable bonds is 3. The highest BCUT2D eigenvalue weighted by atomic mass is 127. The van der Waals surface area contributed by atoms with Gasteiger partial charge in [-0.3, -0.25) is 0 Å². The minimum absolute atomic E-state index is 0. The van der Waals surface area contributed by atoms with E-state index in [2.05, 4.69) is 15.3 Å². The molecule has 3 N–H and O–H groups in total. The first-order chi connectivity index (χ1) is 13.1. The van der Waals surface area contributed by atoms with E-state index in [-0.39, 0.29) is 24.0 Å². The molecule has 2 aromatic carbocycles. The molecule has 0 saturated carbocycles. The van der Waals surface area contributed by atoms with Crippen molar-refractivity contribution in [2.75, 3.05) is 18.5 Å². The smallest absolute Gasteiger partial charge is 0.193 e. The van der Waals surface area contributed by atoms with Gasteiger partial charge < -0.3 is 25.1 Å². The summed E-state index contributed by atoms with van der Waals surface area (Å²) in [4.78, 5) is 8.97. The van der Waals surface area contributed by atoms with Gasteiger partial charge in [0.15, 0.2) is 17.5 Å². The molecule has 1 aliphatic rings. The molecule has 3 aromatic rings. The lowest BCUT2D eigenvalue weighted by Crippen LogP contribution is -2.22. The van der Waals surface area contributed by atoms with E-state index in [1.54, 1.807) is 0 Å². The lowest BCUT2D eigenvalue weighted by molar-refractivity contribution is 0.297. The maximum absolute atomic E-state index is 6.04. The second-order valence-electron chi connectivity index (χ2n) is 6.26. The maximum Gasteiger partial charge on any atom is 0.193 e. The first-order valence-electron chi connectivity index (χ1n) is 8.67. The molecular formula is C19H21ClIN5O2. The summed E-state index contributed by atoms with van der Waals surface area (Å²) in [5.74, 6) is 2.55. The second-order valence-corrected chi connectivity index (χ2v) is 6.69. The van der Waals surface area contributed by atoms with Crippen molar-refractivity contribution >= 4 is 58.3 Å². The van der Waals surface area contributed by atoms with Crippen LogP contribution in [0.1, 0.15) is 12.2 Å². The molecule has 1 aliphatic heterocycles. The molecule has 0 amide bonds. The Hall–Kier alpha value is -2.20. The molecule has 2 heterocycles. The number of hydrogen-bond donors (Lipinski definition) is 2. The Balaban J connectivity index is 0.00000225. The number of benzene rings is 2. The summed E-state index contributed by atoms with van der Waals surface area (Å²) in [7, 11) is 1.95. The molecule has 0 atom stereocenters. The molecule has 9 heteroatoms. The van der Waals surface area contributed by atoms with Crippen LogP contribution in [0.25, 0.3) is 11.0 Å². The van der Waals surface area contributed by atoms with Gasteiger partial charge in [0.2, 0.25) is 0 Å². The summed E-state index contributed by atoms with van der Waals surface area (Å²) in [6.45, 7) is 1.65. The Morgan fingerprint density at radius 2 is 2.00 bits per heavy atom. The van der Waals surface area contributed by atoms with Crippen LogP contribution in [0.2, 0.25) is 5.02 Å². The molecule has 1 aromatic heterocycles. The molecule has 0 bridgehead atoms. The number of fused-ring (bicyclic) bond motifs is 2. The average molecular weight is 514 g/mol. The number of anilines is 1. The first kappa shape index (κ1) is 20.5. The van der Waals surface area contributed by atoms with Gasteiger partial charge in [0.25, 0.3) is 0 Å². The Bertz CT molecular complexity index is 1020. The van der Waals surface area contributed by atoms with Gasteiger partial charge in [-0.1, -0.05) is 11.6 Å². The van der Waals surface area contributed by atoms with Gasteiger partial charge >= 0.3 is 0 Å². The van der Waals surface area contributed by atoms with Crippen LogP contribution in [0, 0.1) is 0 Å². The Morgan fingerprint density at radius 3 is 2.82 bits per heavy atom. The van der Waals surface area contributed by atoms with Crippen LogP contribution >= 0.6 is 35.6 Å². The van der Waals surface area contributed by atoms with Crippen molar-refractivity contribution in [3.63, 3.8) is 0 Å². The van der Waals surface area contributed by atoms with Crippen LogP contribution in [0.3, 0.4) is 0 Å². The molecule has 0 radical (unpaired) electrons. The zero-order valence-electron chi connectivity index (χ0n) is 15.3. The van der Waals surface area contributed by atoms with E-state index in [0.29, 0.717) is 36.5 Å². The number of nitrogens with one attached hydrogen (secondary N) is 1. The number of nitrogens with zero attached hydrogens (tertiary/aromatic N) is 3. The highest BCUT2D eigenvalue weighted by molar-refractivity contribution is 14.0. The van der Waals surface area contributed by atoms with Gasteiger partial charge in [-0.2, -0.15) is 0 Å². The predicted octanol–water partition coefficient (Wildman–Crippen LogP) is 3.93. The van der Waals surface area contributed by atoms with Gasteiger partial charge in [-0.05, 0) is 30.3 Å². The molecule has 7 nitrogen and oxygen atoms in total. The molecule has 4 rings (SSSR count). The van der Waals surface area contributed by atoms with Gasteiger partial charge in [-0.15, -0.1) is 24.0 Å². The van der Waals surface area contributed by atoms with Crippen molar-refractivity contribution in [1.82, 2.24) is 9.55 Å². The summed E-state index contributed by atoms with van der Waals surface area (Å²) in [5.41, 5.74) is 8.66. The largest absolute Gasteiger partial charge is 0.490 e. The van der Waals surface area contributed by atoms with Crippen molar-refractivity contribution in [2.24, 2.45) is 17.8 Å². The molecule has 0 fully saturated rings. The zero-order valence-corrected chi connectivity index (χ0v) is 18.4. The lowest BCUT2D eigenvalue weighted by atomic mass is 10.3. The van der Waals surface area contributed by atoms with E-state index in [1.807, 2.05) is 48.0 Å². The van der Waals surface area contributed by atoms with Crippen LogP contribution < -0.4 is 20.5 Å². The average Bonchev–Trinajstić information content (AvgIpc) is 2.81. The van der Waals surface area contributed by atoms with Gasteiger partial charge in [-0.25, -0.2) is 9.98 Å². The number of ether oxygens (including phenoxy) is 2. The fourth-order valence-electron chi connectivity index (χ4n) is 2.95. The normalized spacial score (nSPS) is 13.7. The number of halogens is 2. The van der Waals surface area contributed by atoms with E-state index in [0.717, 1.165) is 34.7 Å². The summed E-state index contributed by atoms with van der Waals surface area (Å²) in [6.07, 6.45) is 0.865. The third-order valence-corrected chi connectivity index (χ3v) is 4.58. The minimum Gasteiger partial charge on any atom is -0.490 e. The second kappa shape index (κ2) is 8.87. The number of guanidine groups is 1. The van der Waals surface area contributed by atoms with E-state index in [9.17, 15) is 0 Å². The number of aliphatic imine (C=N–C) groups is 1. The van der Waals surface area contributed by atoms with Crippen molar-refractivity contribution in [3.05, 3.63) is 47.2 Å². The zero-order chi connectivity index (χ0) is 18.8. The highest BCUT2D eigenvalue weighted by Crippen LogP contribution is 2.32. The molecular weight excluding hydrogens is 493 g/mol. The Kier molecular flexibility index (Phi) is 6.50. The van der Waals surface area contributed by atoms with Crippen LogP contribution in [-0.2, 0) is 13.6 Å². The standard InChI is InChI=1S/C19H20ClN5O2.HI/c1-25-15-5-3-12(20)9-14(15)24-18(25)11-22-19(21)23-13-4-6-16-17(10-13)27-8-2-7-26-16;/h3-6,9-10H,2,7-8,11H2,1H3,(H3,21,22,23);1H. The molecule has 28 heavy (non-hydrogen) atoms. The number of hydrogen-bond acceptors (Lipinski definition) is 4. The van der Waals surface area contributed by atoms with Gasteiger partial charge in [0.05, 0.1) is 24.2 Å². The van der Waals surface area contributed by atoms with E-state index < -0.39 is 0 Å². The summed E-state index contributed by atoms with van der Waals surface area (Å²) >= 11 is 6.03. The van der Waals surface area contributed by atoms with Crippen LogP contribution in [-0.4, -0.2) is 28.7 Å². The third kappa shape index (κ3) is 4.44. The number of nitrogens with two attached hydrogens (primary N) is 1. The SMILES string of the molecule is Cn1c(CN=C(N)Nc2ccc3c(c2)OCCCO3)nc2cc(Cl)ccc21.I. The van der Waals surface area contributed by atoms with Crippen molar-refractivity contribution in [1.29, 1.82) is 0 Å². The fraction of sp³-hybridized carbons (Fsp3) is 0.263. The maximum atomic E-state index is 6.04. The molecule has 0 unspecified atom stereocenters. The summed E-state index contributed by atoms with van der Waals surface area (Å²) in [5, 5.41) is 3.74. The molecule has 0 saturated heterocycles. The Morgan fingerprint density at radius 1 is 1.21 bits per heavy atom. The third-order valence-electron chi connectivity index (χ3n) is 4.35. The van der Waals surface area contributed by atoms with Crippen molar-refractivity contribution in [3.8, 4) is 11.5 Å². The first-order valence-corrected chi connectivity index (χ1v) is 9.05. The summed E-state index contributed by atoms with van der Waals surface area (Å²) < 4.78 is 13.3. The van der Waals surface area contributed by atoms with Crippen molar-refractivity contribution in [2.45, 2.75) is 13.0 Å². The van der Waals surface area contributed by atoms with E-state index in [4.69, 9.17) is 26.8 Å². The topological polar surface area (TPSA) is 86.7 Å². The monoisotopic (exact) mass is 513 g/mol. The fourth-order valence-corrected chi connectivity index (χ4v) is 3.11. The highest BCUT2D eigenvalue weighted by Gasteiger charge is 2.11. The van der Waals surface area contributed by atoms with Crippen molar-refractivity contribution < 1.29 is 9.47 Å². The Labute approximate surface area is 184 Å². The number of imidazole rings is 1. The molecule has 0 aliphatic carbocycles. The lowest BCUT2D eigenvalue weighted by Gasteiger charge is -2.10. The minimum atomic E-state index is 0. The molecule has 0 spiro atoms.